The molecule has 0 saturated carbocycles. The van der Waals surface area contributed by atoms with Crippen LogP contribution in [0.4, 0.5) is 0 Å². The summed E-state index contributed by atoms with van der Waals surface area (Å²) < 4.78 is 4.50. The van der Waals surface area contributed by atoms with Gasteiger partial charge >= 0.3 is 0 Å². The van der Waals surface area contributed by atoms with Gasteiger partial charge in [-0.05, 0) is 0 Å². The first-order valence-corrected chi connectivity index (χ1v) is 1.08. The van der Waals surface area contributed by atoms with Crippen LogP contribution in [0.15, 0.2) is 0 Å². The summed E-state index contributed by atoms with van der Waals surface area (Å²) >= 11 is 0. The number of rotatable bonds is 0. The Bertz CT molecular complexity index is 17.2. The molecule has 1 rings (SSSR count). The maximum Gasteiger partial charge on any atom is 0.0701 e. The zero-order valence-corrected chi connectivity index (χ0v) is 13.6. The van der Waals surface area contributed by atoms with Crippen molar-refractivity contribution >= 4 is 0 Å². The standard InChI is InChI=1S/C2H4O.CH3.H2O.3Y/c1-2-3-1;;;;;/h1-2H2;1H3;1H2;;;/q;-1;;;;. The van der Waals surface area contributed by atoms with E-state index in [0.717, 1.165) is 13.2 Å². The van der Waals surface area contributed by atoms with E-state index < -0.39 is 0 Å². The largest absolute Gasteiger partial charge is 0.412 e. The second-order valence-corrected chi connectivity index (χ2v) is 0.612. The molecule has 1 fully saturated rings. The molecule has 2 N–H and O–H groups in total. The number of hydrogen-bond acceptors (Lipinski definition) is 1. The van der Waals surface area contributed by atoms with Crippen LogP contribution in [0.5, 0.6) is 0 Å². The maximum atomic E-state index is 4.50. The average Bonchev–Trinajstić information content (AvgIpc) is 1.46. The SMILES string of the molecule is C1CO1.O.[CH3-].[Y].[Y].[Y]. The summed E-state index contributed by atoms with van der Waals surface area (Å²) in [7, 11) is 0. The number of ether oxygens (including phenoxy) is 1. The fourth-order valence-corrected chi connectivity index (χ4v) is 0. The van der Waals surface area contributed by atoms with Crippen LogP contribution in [-0.2, 0) is 103 Å². The Hall–Kier alpha value is 3.23. The third-order valence-corrected chi connectivity index (χ3v) is 0.204. The Labute approximate surface area is 126 Å². The second kappa shape index (κ2) is 22.5. The molecule has 0 unspecified atom stereocenters. The summed E-state index contributed by atoms with van der Waals surface area (Å²) in [4.78, 5) is 0. The van der Waals surface area contributed by atoms with Gasteiger partial charge in [-0.15, -0.1) is 0 Å². The van der Waals surface area contributed by atoms with Crippen LogP contribution in [0.3, 0.4) is 0 Å². The Morgan fingerprint density at radius 3 is 1.00 bits per heavy atom. The molecule has 8 heavy (non-hydrogen) atoms. The van der Waals surface area contributed by atoms with E-state index in [1.165, 1.54) is 0 Å². The first kappa shape index (κ1) is 30.3. The minimum atomic E-state index is 0. The minimum absolute atomic E-state index is 0. The molecule has 1 aliphatic rings. The Kier molecular flexibility index (Phi) is 85.0. The normalized spacial score (nSPS) is 9.00. The topological polar surface area (TPSA) is 44.0 Å². The molecular formula is C3H9O2Y3-. The van der Waals surface area contributed by atoms with Gasteiger partial charge in [0.15, 0.2) is 0 Å². The zero-order valence-electron chi connectivity index (χ0n) is 5.05. The van der Waals surface area contributed by atoms with Gasteiger partial charge in [0.2, 0.25) is 0 Å². The molecule has 5 heteroatoms. The fourth-order valence-electron chi connectivity index (χ4n) is 0. The minimum Gasteiger partial charge on any atom is -0.412 e. The molecule has 1 heterocycles. The first-order valence-electron chi connectivity index (χ1n) is 1.08. The summed E-state index contributed by atoms with van der Waals surface area (Å²) in [6.45, 7) is 2.00. The molecule has 0 bridgehead atoms. The van der Waals surface area contributed by atoms with Crippen molar-refractivity contribution in [3.05, 3.63) is 7.43 Å². The molecule has 0 atom stereocenters. The van der Waals surface area contributed by atoms with Crippen LogP contribution in [0.2, 0.25) is 0 Å². The van der Waals surface area contributed by atoms with E-state index in [2.05, 4.69) is 4.74 Å². The van der Waals surface area contributed by atoms with Crippen LogP contribution >= 0.6 is 0 Å². The van der Waals surface area contributed by atoms with Crippen molar-refractivity contribution in [1.29, 1.82) is 0 Å². The van der Waals surface area contributed by atoms with E-state index in [4.69, 9.17) is 0 Å². The Morgan fingerprint density at radius 2 is 1.00 bits per heavy atom. The van der Waals surface area contributed by atoms with Gasteiger partial charge in [0.1, 0.15) is 0 Å². The summed E-state index contributed by atoms with van der Waals surface area (Å²) in [5.74, 6) is 0. The fraction of sp³-hybridized carbons (Fsp3) is 0.667. The van der Waals surface area contributed by atoms with Crippen molar-refractivity contribution in [2.24, 2.45) is 0 Å². The van der Waals surface area contributed by atoms with Gasteiger partial charge in [0.25, 0.3) is 0 Å². The molecule has 2 nitrogen and oxygen atoms in total. The van der Waals surface area contributed by atoms with Gasteiger partial charge < -0.3 is 17.6 Å². The van der Waals surface area contributed by atoms with Crippen LogP contribution in [-0.4, -0.2) is 18.7 Å². The summed E-state index contributed by atoms with van der Waals surface area (Å²) in [6, 6.07) is 0. The average molecular weight is 344 g/mol. The van der Waals surface area contributed by atoms with E-state index >= 15 is 0 Å². The van der Waals surface area contributed by atoms with Gasteiger partial charge in [-0.3, -0.25) is 0 Å². The molecule has 0 aliphatic carbocycles. The predicted octanol–water partition coefficient (Wildman–Crippen LogP) is -0.365. The third-order valence-electron chi connectivity index (χ3n) is 0.204. The third kappa shape index (κ3) is 34.9. The molecule has 0 spiro atoms. The van der Waals surface area contributed by atoms with E-state index in [0.29, 0.717) is 0 Å². The summed E-state index contributed by atoms with van der Waals surface area (Å²) in [5, 5.41) is 0. The molecular weight excluding hydrogens is 335 g/mol. The van der Waals surface area contributed by atoms with Crippen molar-refractivity contribution in [2.75, 3.05) is 13.2 Å². The van der Waals surface area contributed by atoms with Gasteiger partial charge in [-0.1, -0.05) is 0 Å². The number of epoxide rings is 1. The van der Waals surface area contributed by atoms with Crippen molar-refractivity contribution in [2.45, 2.75) is 0 Å². The van der Waals surface area contributed by atoms with Crippen molar-refractivity contribution in [1.82, 2.24) is 0 Å². The van der Waals surface area contributed by atoms with Crippen LogP contribution in [0.25, 0.3) is 0 Å². The molecule has 0 aromatic rings. The molecule has 3 radical (unpaired) electrons. The Balaban J connectivity index is -0.00000000600. The monoisotopic (exact) mass is 344 g/mol. The van der Waals surface area contributed by atoms with Gasteiger partial charge in [-0.25, -0.2) is 0 Å². The summed E-state index contributed by atoms with van der Waals surface area (Å²) in [6.07, 6.45) is 0. The zero-order chi connectivity index (χ0) is 2.12. The van der Waals surface area contributed by atoms with Crippen LogP contribution < -0.4 is 0 Å². The van der Waals surface area contributed by atoms with Crippen LogP contribution in [0.1, 0.15) is 0 Å². The Morgan fingerprint density at radius 1 is 0.875 bits per heavy atom. The molecule has 0 amide bonds. The maximum absolute atomic E-state index is 4.50. The van der Waals surface area contributed by atoms with E-state index in [1.54, 1.807) is 0 Å². The quantitative estimate of drug-likeness (QED) is 0.437. The molecule has 43 valence electrons. The molecule has 0 aromatic carbocycles. The van der Waals surface area contributed by atoms with Crippen molar-refractivity contribution in [3.63, 3.8) is 0 Å². The van der Waals surface area contributed by atoms with E-state index in [9.17, 15) is 0 Å². The summed E-state index contributed by atoms with van der Waals surface area (Å²) in [5.41, 5.74) is 0. The van der Waals surface area contributed by atoms with Crippen molar-refractivity contribution < 1.29 is 108 Å². The van der Waals surface area contributed by atoms with E-state index in [1.807, 2.05) is 0 Å². The van der Waals surface area contributed by atoms with E-state index in [-0.39, 0.29) is 111 Å². The van der Waals surface area contributed by atoms with Gasteiger partial charge in [0.05, 0.1) is 13.2 Å². The number of hydrogen-bond donors (Lipinski definition) is 0. The molecule has 1 saturated heterocycles. The predicted molar refractivity (Wildman–Crippen MR) is 20.8 cm³/mol. The molecule has 1 aliphatic heterocycles. The molecule has 0 aromatic heterocycles. The van der Waals surface area contributed by atoms with Crippen molar-refractivity contribution in [3.8, 4) is 0 Å². The van der Waals surface area contributed by atoms with Gasteiger partial charge in [-0.2, -0.15) is 0 Å². The smallest absolute Gasteiger partial charge is 0.0701 e. The van der Waals surface area contributed by atoms with Crippen LogP contribution in [0, 0.1) is 7.43 Å². The second-order valence-electron chi connectivity index (χ2n) is 0.612. The van der Waals surface area contributed by atoms with Gasteiger partial charge in [0, 0.05) is 98.1 Å². The first-order chi connectivity index (χ1) is 1.50.